The molecule has 0 rings (SSSR count). The molecule has 6 heavy (non-hydrogen) atoms. The summed E-state index contributed by atoms with van der Waals surface area (Å²) in [6, 6.07) is 0. The average molecular weight is 95.1 g/mol. The van der Waals surface area contributed by atoms with Crippen LogP contribution in [0.2, 0.25) is 0 Å². The van der Waals surface area contributed by atoms with E-state index in [4.69, 9.17) is 0 Å². The molecule has 0 unspecified atom stereocenters. The van der Waals surface area contributed by atoms with E-state index in [0.717, 1.165) is 0 Å². The molecular formula is C3H11AlLiN. The predicted molar refractivity (Wildman–Crippen MR) is 37.2 cm³/mol. The van der Waals surface area contributed by atoms with Crippen molar-refractivity contribution >= 4 is 42.4 Å². The van der Waals surface area contributed by atoms with E-state index in [1.807, 2.05) is 6.92 Å². The summed E-state index contributed by atoms with van der Waals surface area (Å²) < 4.78 is 0. The van der Waals surface area contributed by atoms with Crippen molar-refractivity contribution in [1.29, 1.82) is 0 Å². The van der Waals surface area contributed by atoms with Gasteiger partial charge in [0.15, 0.2) is 17.4 Å². The second-order valence-corrected chi connectivity index (χ2v) is 0.516. The number of nitrogens with zero attached hydrogens (tertiary/aromatic N) is 1. The molecule has 0 amide bonds. The number of hydrogen-bond donors (Lipinski definition) is 0. The molecule has 0 aromatic heterocycles. The maximum absolute atomic E-state index is 3.61. The number of aliphatic imine (C=N–C) groups is 1. The molecule has 3 heteroatoms. The topological polar surface area (TPSA) is 12.4 Å². The second kappa shape index (κ2) is 17.0. The van der Waals surface area contributed by atoms with Crippen molar-refractivity contribution < 1.29 is 0 Å². The molecule has 0 heterocycles. The third kappa shape index (κ3) is 21.4. The van der Waals surface area contributed by atoms with Gasteiger partial charge in [-0.25, -0.2) is 0 Å². The fourth-order valence-electron chi connectivity index (χ4n) is 0. The molecule has 0 aliphatic heterocycles. The van der Waals surface area contributed by atoms with Crippen molar-refractivity contribution in [2.75, 3.05) is 7.05 Å². The van der Waals surface area contributed by atoms with Gasteiger partial charge in [0.2, 0.25) is 0 Å². The molecule has 0 bridgehead atoms. The third-order valence-electron chi connectivity index (χ3n) is 0.258. The van der Waals surface area contributed by atoms with E-state index in [1.165, 1.54) is 0 Å². The standard InChI is InChI=1S/C3H7N.Al.Li.4H/c1-3-4-2;;;;;;/h3H,1-2H3;;;;;;. The Hall–Kier alpha value is 0.800. The molecule has 0 saturated heterocycles. The van der Waals surface area contributed by atoms with Crippen molar-refractivity contribution in [3.8, 4) is 0 Å². The summed E-state index contributed by atoms with van der Waals surface area (Å²) in [7, 11) is 1.75. The van der Waals surface area contributed by atoms with Gasteiger partial charge in [-0.3, -0.25) is 0 Å². The minimum atomic E-state index is 0. The summed E-state index contributed by atoms with van der Waals surface area (Å²) in [5.41, 5.74) is 0. The Morgan fingerprint density at radius 2 is 1.67 bits per heavy atom. The summed E-state index contributed by atoms with van der Waals surface area (Å²) in [5, 5.41) is 0. The van der Waals surface area contributed by atoms with Crippen molar-refractivity contribution in [1.82, 2.24) is 0 Å². The van der Waals surface area contributed by atoms with Gasteiger partial charge in [-0.1, -0.05) is 0 Å². The Balaban J connectivity index is -0.0000000450. The molecular weight excluding hydrogens is 84.0 g/mol. The summed E-state index contributed by atoms with van der Waals surface area (Å²) in [4.78, 5) is 3.61. The van der Waals surface area contributed by atoms with Gasteiger partial charge in [-0.05, 0) is 13.1 Å². The molecule has 0 aliphatic rings. The van der Waals surface area contributed by atoms with Crippen LogP contribution < -0.4 is 0 Å². The number of hydrogen-bond acceptors (Lipinski definition) is 1. The van der Waals surface area contributed by atoms with Crippen LogP contribution in [0, 0.1) is 0 Å². The molecule has 32 valence electrons. The van der Waals surface area contributed by atoms with E-state index in [1.54, 1.807) is 13.3 Å². The van der Waals surface area contributed by atoms with Gasteiger partial charge in [0.05, 0.1) is 0 Å². The zero-order valence-corrected chi connectivity index (χ0v) is 3.02. The second-order valence-electron chi connectivity index (χ2n) is 0.516. The van der Waals surface area contributed by atoms with Crippen molar-refractivity contribution in [3.05, 3.63) is 0 Å². The van der Waals surface area contributed by atoms with E-state index < -0.39 is 0 Å². The Bertz CT molecular complexity index is 26.0. The maximum atomic E-state index is 3.61. The van der Waals surface area contributed by atoms with Crippen LogP contribution in [0.3, 0.4) is 0 Å². The molecule has 0 spiro atoms. The summed E-state index contributed by atoms with van der Waals surface area (Å²) in [5.74, 6) is 0. The van der Waals surface area contributed by atoms with E-state index in [9.17, 15) is 0 Å². The Labute approximate surface area is 61.5 Å². The molecule has 1 nitrogen and oxygen atoms in total. The summed E-state index contributed by atoms with van der Waals surface area (Å²) in [6.45, 7) is 1.89. The van der Waals surface area contributed by atoms with Crippen LogP contribution in [-0.2, 0) is 0 Å². The first kappa shape index (κ1) is 15.8. The van der Waals surface area contributed by atoms with Crippen molar-refractivity contribution in [2.45, 2.75) is 6.92 Å². The van der Waals surface area contributed by atoms with Crippen LogP contribution in [0.25, 0.3) is 0 Å². The molecule has 0 N–H and O–H groups in total. The fraction of sp³-hybridized carbons (Fsp3) is 0.667. The third-order valence-corrected chi connectivity index (χ3v) is 0.258. The van der Waals surface area contributed by atoms with E-state index >= 15 is 0 Å². The van der Waals surface area contributed by atoms with Crippen LogP contribution in [-0.4, -0.2) is 49.5 Å². The fourth-order valence-corrected chi connectivity index (χ4v) is 0. The molecule has 0 radical (unpaired) electrons. The van der Waals surface area contributed by atoms with Gasteiger partial charge < -0.3 is 4.99 Å². The summed E-state index contributed by atoms with van der Waals surface area (Å²) in [6.07, 6.45) is 1.75. The van der Waals surface area contributed by atoms with Gasteiger partial charge >= 0.3 is 18.9 Å². The first-order chi connectivity index (χ1) is 1.91. The zero-order valence-electron chi connectivity index (χ0n) is 3.02. The van der Waals surface area contributed by atoms with Crippen LogP contribution in [0.4, 0.5) is 0 Å². The quantitative estimate of drug-likeness (QED) is 0.267. The molecule has 0 fully saturated rings. The molecule has 0 aromatic carbocycles. The van der Waals surface area contributed by atoms with Crippen molar-refractivity contribution in [3.63, 3.8) is 0 Å². The Kier molecular flexibility index (Phi) is 45.0. The van der Waals surface area contributed by atoms with Gasteiger partial charge in [0, 0.05) is 7.05 Å². The van der Waals surface area contributed by atoms with Gasteiger partial charge in [0.25, 0.3) is 0 Å². The molecule has 0 aliphatic carbocycles. The van der Waals surface area contributed by atoms with Crippen LogP contribution in [0.5, 0.6) is 0 Å². The Morgan fingerprint density at radius 3 is 1.67 bits per heavy atom. The molecule has 0 atom stereocenters. The Morgan fingerprint density at radius 1 is 1.50 bits per heavy atom. The molecule has 0 aromatic rings. The van der Waals surface area contributed by atoms with Gasteiger partial charge in [0.1, 0.15) is 0 Å². The zero-order chi connectivity index (χ0) is 3.41. The van der Waals surface area contributed by atoms with Gasteiger partial charge in [-0.15, -0.1) is 0 Å². The first-order valence-electron chi connectivity index (χ1n) is 1.28. The van der Waals surface area contributed by atoms with Crippen molar-refractivity contribution in [2.24, 2.45) is 4.99 Å². The van der Waals surface area contributed by atoms with Crippen LogP contribution >= 0.6 is 0 Å². The average Bonchev–Trinajstić information content (AvgIpc) is 1.37. The van der Waals surface area contributed by atoms with Crippen LogP contribution in [0.15, 0.2) is 4.99 Å². The first-order valence-corrected chi connectivity index (χ1v) is 1.28. The van der Waals surface area contributed by atoms with Crippen LogP contribution in [0.1, 0.15) is 6.92 Å². The normalized spacial score (nSPS) is 6.33. The summed E-state index contributed by atoms with van der Waals surface area (Å²) >= 11 is 0. The SMILES string of the molecule is CC=NC.[AlH3].[LiH]. The minimum absolute atomic E-state index is 0. The van der Waals surface area contributed by atoms with E-state index in [-0.39, 0.29) is 36.2 Å². The number of rotatable bonds is 0. The predicted octanol–water partition coefficient (Wildman–Crippen LogP) is -1.13. The van der Waals surface area contributed by atoms with E-state index in [2.05, 4.69) is 4.99 Å². The molecule has 0 saturated carbocycles. The monoisotopic (exact) mass is 95.1 g/mol. The van der Waals surface area contributed by atoms with E-state index in [0.29, 0.717) is 0 Å². The van der Waals surface area contributed by atoms with Gasteiger partial charge in [-0.2, -0.15) is 0 Å².